The number of carbonyl (C=O) groups is 2. The summed E-state index contributed by atoms with van der Waals surface area (Å²) >= 11 is 0. The Balaban J connectivity index is 2.01. The first-order valence-electron chi connectivity index (χ1n) is 6.09. The SMILES string of the molecule is Nc1ccccc1C(=O)NN=Cc1ccc(C(=O)O)cc1. The molecule has 0 spiro atoms. The van der Waals surface area contributed by atoms with Gasteiger partial charge in [-0.25, -0.2) is 10.2 Å². The van der Waals surface area contributed by atoms with E-state index < -0.39 is 11.9 Å². The maximum absolute atomic E-state index is 11.8. The number of nitrogens with two attached hydrogens (primary N) is 1. The number of nitrogen functional groups attached to an aromatic ring is 1. The van der Waals surface area contributed by atoms with Crippen molar-refractivity contribution in [3.8, 4) is 0 Å². The van der Waals surface area contributed by atoms with E-state index in [-0.39, 0.29) is 5.56 Å². The van der Waals surface area contributed by atoms with E-state index in [2.05, 4.69) is 10.5 Å². The molecule has 1 amide bonds. The second kappa shape index (κ2) is 6.33. The number of nitrogens with one attached hydrogen (secondary N) is 1. The van der Waals surface area contributed by atoms with E-state index in [1.807, 2.05) is 0 Å². The molecule has 0 heterocycles. The molecule has 2 aromatic rings. The Bertz CT molecular complexity index is 694. The standard InChI is InChI=1S/C15H13N3O3/c16-13-4-2-1-3-12(13)14(19)18-17-9-10-5-7-11(8-6-10)15(20)21/h1-9H,16H2,(H,18,19)(H,20,21). The van der Waals surface area contributed by atoms with Crippen LogP contribution in [0, 0.1) is 0 Å². The summed E-state index contributed by atoms with van der Waals surface area (Å²) in [7, 11) is 0. The van der Waals surface area contributed by atoms with Crippen molar-refractivity contribution in [1.29, 1.82) is 0 Å². The predicted molar refractivity (Wildman–Crippen MR) is 79.3 cm³/mol. The maximum atomic E-state index is 11.8. The first-order valence-corrected chi connectivity index (χ1v) is 6.09. The van der Waals surface area contributed by atoms with Gasteiger partial charge in [0.25, 0.3) is 5.91 Å². The number of hydrogen-bond donors (Lipinski definition) is 3. The average Bonchev–Trinajstić information content (AvgIpc) is 2.48. The number of carboxylic acids is 1. The van der Waals surface area contributed by atoms with Crippen LogP contribution in [-0.2, 0) is 0 Å². The minimum absolute atomic E-state index is 0.188. The third-order valence-corrected chi connectivity index (χ3v) is 2.74. The topological polar surface area (TPSA) is 105 Å². The molecule has 106 valence electrons. The van der Waals surface area contributed by atoms with E-state index in [0.717, 1.165) is 0 Å². The monoisotopic (exact) mass is 283 g/mol. The van der Waals surface area contributed by atoms with Crippen molar-refractivity contribution in [1.82, 2.24) is 5.43 Å². The normalized spacial score (nSPS) is 10.5. The molecule has 0 fully saturated rings. The largest absolute Gasteiger partial charge is 0.478 e. The van der Waals surface area contributed by atoms with Crippen LogP contribution in [0.2, 0.25) is 0 Å². The number of carboxylic acid groups (broad SMARTS) is 1. The summed E-state index contributed by atoms with van der Waals surface area (Å²) in [5, 5.41) is 12.6. The third-order valence-electron chi connectivity index (χ3n) is 2.74. The Morgan fingerprint density at radius 3 is 2.38 bits per heavy atom. The van der Waals surface area contributed by atoms with Crippen LogP contribution in [0.1, 0.15) is 26.3 Å². The summed E-state index contributed by atoms with van der Waals surface area (Å²) in [5.74, 6) is -1.40. The fourth-order valence-corrected chi connectivity index (χ4v) is 1.64. The summed E-state index contributed by atoms with van der Waals surface area (Å²) in [6.45, 7) is 0. The summed E-state index contributed by atoms with van der Waals surface area (Å²) in [5.41, 5.74) is 9.61. The van der Waals surface area contributed by atoms with Crippen LogP contribution in [0.5, 0.6) is 0 Å². The summed E-state index contributed by atoms with van der Waals surface area (Å²) in [6.07, 6.45) is 1.42. The van der Waals surface area contributed by atoms with Gasteiger partial charge in [-0.15, -0.1) is 0 Å². The van der Waals surface area contributed by atoms with Crippen molar-refractivity contribution in [2.24, 2.45) is 5.10 Å². The Labute approximate surface area is 120 Å². The lowest BCUT2D eigenvalue weighted by atomic mass is 10.1. The van der Waals surface area contributed by atoms with Gasteiger partial charge in [0.05, 0.1) is 17.3 Å². The van der Waals surface area contributed by atoms with Gasteiger partial charge in [0, 0.05) is 5.69 Å². The van der Waals surface area contributed by atoms with Crippen LogP contribution in [0.4, 0.5) is 5.69 Å². The number of carbonyl (C=O) groups excluding carboxylic acids is 1. The molecule has 6 nitrogen and oxygen atoms in total. The second-order valence-electron chi connectivity index (χ2n) is 4.21. The zero-order valence-corrected chi connectivity index (χ0v) is 11.0. The van der Waals surface area contributed by atoms with Crippen LogP contribution in [0.3, 0.4) is 0 Å². The molecule has 0 bridgehead atoms. The van der Waals surface area contributed by atoms with Crippen molar-refractivity contribution in [2.75, 3.05) is 5.73 Å². The van der Waals surface area contributed by atoms with Gasteiger partial charge in [0.1, 0.15) is 0 Å². The molecule has 0 radical (unpaired) electrons. The molecule has 0 aromatic heterocycles. The van der Waals surface area contributed by atoms with E-state index in [4.69, 9.17) is 10.8 Å². The highest BCUT2D eigenvalue weighted by Gasteiger charge is 2.07. The number of para-hydroxylation sites is 1. The molecule has 4 N–H and O–H groups in total. The number of benzene rings is 2. The molecule has 21 heavy (non-hydrogen) atoms. The number of rotatable bonds is 4. The molecule has 0 saturated carbocycles. The number of hydrazone groups is 1. The molecular weight excluding hydrogens is 270 g/mol. The van der Waals surface area contributed by atoms with Crippen molar-refractivity contribution in [3.05, 3.63) is 65.2 Å². The highest BCUT2D eigenvalue weighted by Crippen LogP contribution is 2.09. The minimum atomic E-state index is -0.994. The fraction of sp³-hybridized carbons (Fsp3) is 0. The average molecular weight is 283 g/mol. The van der Waals surface area contributed by atoms with Crippen LogP contribution in [0.15, 0.2) is 53.6 Å². The predicted octanol–water partition coefficient (Wildman–Crippen LogP) is 1.73. The molecule has 2 rings (SSSR count). The van der Waals surface area contributed by atoms with Crippen LogP contribution < -0.4 is 11.2 Å². The van der Waals surface area contributed by atoms with Crippen molar-refractivity contribution in [2.45, 2.75) is 0 Å². The quantitative estimate of drug-likeness (QED) is 0.451. The highest BCUT2D eigenvalue weighted by molar-refractivity contribution is 5.99. The molecular formula is C15H13N3O3. The maximum Gasteiger partial charge on any atom is 0.335 e. The number of anilines is 1. The van der Waals surface area contributed by atoms with Crippen molar-refractivity contribution >= 4 is 23.8 Å². The lowest BCUT2D eigenvalue weighted by molar-refractivity contribution is 0.0696. The lowest BCUT2D eigenvalue weighted by Gasteiger charge is -2.02. The number of amides is 1. The van der Waals surface area contributed by atoms with Crippen molar-refractivity contribution < 1.29 is 14.7 Å². The Morgan fingerprint density at radius 1 is 1.10 bits per heavy atom. The Morgan fingerprint density at radius 2 is 1.76 bits per heavy atom. The first-order chi connectivity index (χ1) is 10.1. The zero-order valence-electron chi connectivity index (χ0n) is 11.0. The zero-order chi connectivity index (χ0) is 15.2. The van der Waals surface area contributed by atoms with Crippen molar-refractivity contribution in [3.63, 3.8) is 0 Å². The van der Waals surface area contributed by atoms with Crippen LogP contribution in [0.25, 0.3) is 0 Å². The molecule has 0 aliphatic carbocycles. The first kappa shape index (κ1) is 14.3. The van der Waals surface area contributed by atoms with E-state index in [9.17, 15) is 9.59 Å². The van der Waals surface area contributed by atoms with E-state index in [1.165, 1.54) is 18.3 Å². The molecule has 0 unspecified atom stereocenters. The molecule has 0 atom stereocenters. The Kier molecular flexibility index (Phi) is 4.30. The second-order valence-corrected chi connectivity index (χ2v) is 4.21. The molecule has 0 aliphatic heterocycles. The smallest absolute Gasteiger partial charge is 0.335 e. The number of hydrogen-bond acceptors (Lipinski definition) is 4. The minimum Gasteiger partial charge on any atom is -0.478 e. The van der Waals surface area contributed by atoms with E-state index in [0.29, 0.717) is 16.8 Å². The number of aromatic carboxylic acids is 1. The lowest BCUT2D eigenvalue weighted by Crippen LogP contribution is -2.19. The van der Waals surface area contributed by atoms with Crippen LogP contribution >= 0.6 is 0 Å². The highest BCUT2D eigenvalue weighted by atomic mass is 16.4. The summed E-state index contributed by atoms with van der Waals surface area (Å²) in [6, 6.07) is 12.8. The van der Waals surface area contributed by atoms with Gasteiger partial charge in [-0.3, -0.25) is 4.79 Å². The van der Waals surface area contributed by atoms with E-state index >= 15 is 0 Å². The van der Waals surface area contributed by atoms with E-state index in [1.54, 1.807) is 36.4 Å². The third kappa shape index (κ3) is 3.66. The van der Waals surface area contributed by atoms with Gasteiger partial charge in [0.2, 0.25) is 0 Å². The Hall–Kier alpha value is -3.15. The van der Waals surface area contributed by atoms with Crippen LogP contribution in [-0.4, -0.2) is 23.2 Å². The van der Waals surface area contributed by atoms with Gasteiger partial charge in [-0.2, -0.15) is 5.10 Å². The molecule has 2 aromatic carbocycles. The summed E-state index contributed by atoms with van der Waals surface area (Å²) < 4.78 is 0. The summed E-state index contributed by atoms with van der Waals surface area (Å²) in [4.78, 5) is 22.5. The molecule has 0 aliphatic rings. The molecule has 0 saturated heterocycles. The molecule has 6 heteroatoms. The van der Waals surface area contributed by atoms with Gasteiger partial charge >= 0.3 is 5.97 Å². The van der Waals surface area contributed by atoms with Gasteiger partial charge in [-0.05, 0) is 29.8 Å². The van der Waals surface area contributed by atoms with Gasteiger partial charge in [0.15, 0.2) is 0 Å². The fourth-order valence-electron chi connectivity index (χ4n) is 1.64. The number of nitrogens with zero attached hydrogens (tertiary/aromatic N) is 1. The van der Waals surface area contributed by atoms with Gasteiger partial charge in [-0.1, -0.05) is 24.3 Å². The van der Waals surface area contributed by atoms with Gasteiger partial charge < -0.3 is 10.8 Å².